The van der Waals surface area contributed by atoms with E-state index in [1.165, 1.54) is 38.5 Å². The fourth-order valence-electron chi connectivity index (χ4n) is 2.76. The molecule has 94 valence electrons. The van der Waals surface area contributed by atoms with Crippen LogP contribution in [0.1, 0.15) is 45.4 Å². The Morgan fingerprint density at radius 1 is 1.35 bits per heavy atom. The van der Waals surface area contributed by atoms with Crippen molar-refractivity contribution in [3.05, 3.63) is 10.8 Å². The summed E-state index contributed by atoms with van der Waals surface area (Å²) in [6, 6.07) is 0. The molecule has 1 atom stereocenters. The van der Waals surface area contributed by atoms with Crippen molar-refractivity contribution >= 4 is 26.0 Å². The number of rotatable bonds is 7. The Balaban J connectivity index is 2.72. The van der Waals surface area contributed by atoms with Crippen LogP contribution in [0.15, 0.2) is 10.8 Å². The second-order valence-corrected chi connectivity index (χ2v) is 11.0. The molecule has 0 aromatic carbocycles. The van der Waals surface area contributed by atoms with Crippen molar-refractivity contribution < 1.29 is 4.43 Å². The fourth-order valence-corrected chi connectivity index (χ4v) is 3.85. The molecule has 1 saturated carbocycles. The van der Waals surface area contributed by atoms with Gasteiger partial charge in [-0.1, -0.05) is 0 Å². The molecule has 0 heterocycles. The van der Waals surface area contributed by atoms with Gasteiger partial charge in [-0.05, 0) is 0 Å². The monoisotopic (exact) mass is 246 g/mol. The molecular weight excluding hydrogens is 219 g/mol. The molecule has 1 rings (SSSR count). The van der Waals surface area contributed by atoms with E-state index >= 15 is 0 Å². The molecule has 0 aromatic heterocycles. The molecule has 0 aliphatic heterocycles. The van der Waals surface area contributed by atoms with Gasteiger partial charge in [0.25, 0.3) is 0 Å². The Morgan fingerprint density at radius 3 is 2.35 bits per heavy atom. The molecule has 1 nitrogen and oxygen atoms in total. The average molecular weight is 246 g/mol. The molecule has 3 heteroatoms. The number of hydrogen-bond acceptors (Lipinski definition) is 1. The van der Waals surface area contributed by atoms with Crippen LogP contribution in [-0.2, 0) is 4.43 Å². The second-order valence-electron chi connectivity index (χ2n) is 6.50. The van der Waals surface area contributed by atoms with Crippen LogP contribution in [0.3, 0.4) is 0 Å². The van der Waals surface area contributed by atoms with E-state index in [9.17, 15) is 0 Å². The van der Waals surface area contributed by atoms with Crippen molar-refractivity contribution in [2.75, 3.05) is 0 Å². The Bertz CT molecular complexity index is 253. The van der Waals surface area contributed by atoms with Crippen LogP contribution in [0.4, 0.5) is 0 Å². The zero-order chi connectivity index (χ0) is 12.9. The van der Waals surface area contributed by atoms with E-state index < -0.39 is 8.32 Å². The second kappa shape index (κ2) is 6.61. The molecule has 1 fully saturated rings. The minimum absolute atomic E-state index is 0.375. The normalized spacial score (nSPS) is 21.5. The van der Waals surface area contributed by atoms with Gasteiger partial charge in [-0.2, -0.15) is 0 Å². The van der Waals surface area contributed by atoms with E-state index in [4.69, 9.17) is 4.43 Å². The van der Waals surface area contributed by atoms with Crippen LogP contribution < -0.4 is 0 Å². The number of unbranched alkanes of at least 4 members (excludes halogenated alkanes) is 1. The summed E-state index contributed by atoms with van der Waals surface area (Å²) in [5, 5.41) is 0. The SMILES string of the molecule is [Li]/[CH]=C/C(O[Si](C)(C)C)C1(CCCC)CCC1. The van der Waals surface area contributed by atoms with Gasteiger partial charge in [-0.15, -0.1) is 0 Å². The van der Waals surface area contributed by atoms with Gasteiger partial charge in [-0.25, -0.2) is 0 Å². The minimum atomic E-state index is -1.44. The molecule has 0 bridgehead atoms. The first-order chi connectivity index (χ1) is 7.93. The molecule has 0 spiro atoms. The van der Waals surface area contributed by atoms with Gasteiger partial charge in [0.15, 0.2) is 0 Å². The van der Waals surface area contributed by atoms with Gasteiger partial charge in [-0.3, -0.25) is 0 Å². The van der Waals surface area contributed by atoms with Gasteiger partial charge in [0.2, 0.25) is 0 Å². The third kappa shape index (κ3) is 4.60. The predicted octanol–water partition coefficient (Wildman–Crippen LogP) is 4.25. The maximum atomic E-state index is 6.43. The van der Waals surface area contributed by atoms with E-state index in [1.807, 2.05) is 0 Å². The Morgan fingerprint density at radius 2 is 2.00 bits per heavy atom. The maximum absolute atomic E-state index is 6.43. The standard InChI is InChI=1S/C14H27OSi.Li/c1-6-8-10-14(11-9-12-14)13(7-2)15-16(3,4)5;/h2,7,13H,6,8-12H2,1,3-5H3;. The van der Waals surface area contributed by atoms with Crippen LogP contribution >= 0.6 is 0 Å². The van der Waals surface area contributed by atoms with Crippen molar-refractivity contribution in [1.29, 1.82) is 0 Å². The van der Waals surface area contributed by atoms with Gasteiger partial charge in [0.1, 0.15) is 0 Å². The zero-order valence-corrected chi connectivity index (χ0v) is 13.4. The van der Waals surface area contributed by atoms with E-state index in [-0.39, 0.29) is 0 Å². The van der Waals surface area contributed by atoms with Crippen molar-refractivity contribution in [2.45, 2.75) is 71.2 Å². The molecule has 1 unspecified atom stereocenters. The third-order valence-corrected chi connectivity index (χ3v) is 4.79. The first kappa shape index (κ1) is 15.6. The molecule has 17 heavy (non-hydrogen) atoms. The average Bonchev–Trinajstić information content (AvgIpc) is 2.14. The quantitative estimate of drug-likeness (QED) is 0.610. The first-order valence-electron chi connectivity index (χ1n) is 7.24. The molecule has 0 N–H and O–H groups in total. The topological polar surface area (TPSA) is 9.23 Å². The van der Waals surface area contributed by atoms with Crippen molar-refractivity contribution in [1.82, 2.24) is 0 Å². The number of hydrogen-bond donors (Lipinski definition) is 0. The summed E-state index contributed by atoms with van der Waals surface area (Å²) >= 11 is 2.12. The summed E-state index contributed by atoms with van der Waals surface area (Å²) in [5.74, 6) is 0. The Kier molecular flexibility index (Phi) is 6.06. The summed E-state index contributed by atoms with van der Waals surface area (Å²) in [6.45, 7) is 9.19. The van der Waals surface area contributed by atoms with Crippen LogP contribution in [0.2, 0.25) is 19.6 Å². The third-order valence-electron chi connectivity index (χ3n) is 3.83. The Hall–Kier alpha value is 0.514. The van der Waals surface area contributed by atoms with Gasteiger partial charge >= 0.3 is 118 Å². The van der Waals surface area contributed by atoms with Crippen molar-refractivity contribution in [2.24, 2.45) is 5.41 Å². The van der Waals surface area contributed by atoms with E-state index in [1.54, 1.807) is 0 Å². The van der Waals surface area contributed by atoms with Crippen LogP contribution in [0.25, 0.3) is 0 Å². The van der Waals surface area contributed by atoms with Crippen molar-refractivity contribution in [3.63, 3.8) is 0 Å². The summed E-state index contributed by atoms with van der Waals surface area (Å²) in [6.07, 6.45) is 10.8. The van der Waals surface area contributed by atoms with Crippen LogP contribution in [-0.4, -0.2) is 32.1 Å². The van der Waals surface area contributed by atoms with E-state index in [0.29, 0.717) is 11.5 Å². The van der Waals surface area contributed by atoms with Crippen molar-refractivity contribution in [3.8, 4) is 0 Å². The van der Waals surface area contributed by atoms with Gasteiger partial charge < -0.3 is 0 Å². The molecule has 0 saturated heterocycles. The molecule has 1 aliphatic carbocycles. The first-order valence-corrected chi connectivity index (χ1v) is 10.6. The predicted molar refractivity (Wildman–Crippen MR) is 78.9 cm³/mol. The summed E-state index contributed by atoms with van der Waals surface area (Å²) < 4.78 is 8.61. The molecule has 0 amide bonds. The Labute approximate surface area is 118 Å². The molecule has 1 aliphatic rings. The molecule has 0 aromatic rings. The van der Waals surface area contributed by atoms with Crippen LogP contribution in [0.5, 0.6) is 0 Å². The molecule has 0 radical (unpaired) electrons. The summed E-state index contributed by atoms with van der Waals surface area (Å²) in [4.78, 5) is 0. The van der Waals surface area contributed by atoms with E-state index in [0.717, 1.165) is 0 Å². The summed E-state index contributed by atoms with van der Waals surface area (Å²) in [7, 11) is -1.44. The zero-order valence-electron chi connectivity index (χ0n) is 12.4. The van der Waals surface area contributed by atoms with Gasteiger partial charge in [0.05, 0.1) is 0 Å². The van der Waals surface area contributed by atoms with Crippen LogP contribution in [0, 0.1) is 5.41 Å². The van der Waals surface area contributed by atoms with E-state index in [2.05, 4.69) is 55.1 Å². The molecular formula is C14H27LiOSi. The van der Waals surface area contributed by atoms with Gasteiger partial charge in [0, 0.05) is 0 Å². The summed E-state index contributed by atoms with van der Waals surface area (Å²) in [5.41, 5.74) is 0.475. The fraction of sp³-hybridized carbons (Fsp3) is 0.857.